The third-order valence-electron chi connectivity index (χ3n) is 9.66. The van der Waals surface area contributed by atoms with Gasteiger partial charge < -0.3 is 19.5 Å². The quantitative estimate of drug-likeness (QED) is 0.371. The van der Waals surface area contributed by atoms with E-state index in [1.807, 2.05) is 0 Å². The van der Waals surface area contributed by atoms with Crippen molar-refractivity contribution in [3.05, 3.63) is 34.7 Å². The summed E-state index contributed by atoms with van der Waals surface area (Å²) in [5.74, 6) is -0.113. The number of halogens is 3. The van der Waals surface area contributed by atoms with Gasteiger partial charge in [0.05, 0.1) is 17.0 Å². The number of hydrogen-bond donors (Lipinski definition) is 1. The van der Waals surface area contributed by atoms with Crippen LogP contribution < -0.4 is 9.64 Å². The van der Waals surface area contributed by atoms with Gasteiger partial charge in [0.25, 0.3) is 0 Å². The van der Waals surface area contributed by atoms with E-state index in [1.165, 1.54) is 12.1 Å². The van der Waals surface area contributed by atoms with Crippen molar-refractivity contribution in [1.29, 1.82) is 0 Å². The zero-order valence-electron chi connectivity index (χ0n) is 24.3. The second-order valence-corrected chi connectivity index (χ2v) is 13.0. The molecular formula is C32H38ClF2N5O3. The number of nitrogens with zero attached hydrogens (tertiary/aromatic N) is 5. The second kappa shape index (κ2) is 11.9. The largest absolute Gasteiger partial charge is 0.508 e. The van der Waals surface area contributed by atoms with Crippen molar-refractivity contribution in [2.75, 3.05) is 44.3 Å². The lowest BCUT2D eigenvalue weighted by Crippen LogP contribution is -2.43. The van der Waals surface area contributed by atoms with E-state index in [4.69, 9.17) is 26.1 Å². The predicted octanol–water partition coefficient (Wildman–Crippen LogP) is 6.25. The molecule has 43 heavy (non-hydrogen) atoms. The Kier molecular flexibility index (Phi) is 8.03. The van der Waals surface area contributed by atoms with E-state index in [0.29, 0.717) is 54.3 Å². The van der Waals surface area contributed by atoms with E-state index in [2.05, 4.69) is 19.8 Å². The molecule has 8 rings (SSSR count). The van der Waals surface area contributed by atoms with Gasteiger partial charge in [-0.15, -0.1) is 0 Å². The molecule has 5 aliphatic heterocycles. The number of hydrogen-bond acceptors (Lipinski definition) is 8. The maximum atomic E-state index is 16.7. The Bertz CT molecular complexity index is 1510. The van der Waals surface area contributed by atoms with Crippen LogP contribution in [0.15, 0.2) is 18.3 Å². The number of anilines is 1. The molecule has 7 heterocycles. The van der Waals surface area contributed by atoms with Gasteiger partial charge in [-0.05, 0) is 75.6 Å². The van der Waals surface area contributed by atoms with Gasteiger partial charge >= 0.3 is 6.01 Å². The minimum Gasteiger partial charge on any atom is -0.508 e. The van der Waals surface area contributed by atoms with Crippen LogP contribution in [0.25, 0.3) is 22.2 Å². The summed E-state index contributed by atoms with van der Waals surface area (Å²) in [6, 6.07) is 3.08. The fourth-order valence-electron chi connectivity index (χ4n) is 7.51. The summed E-state index contributed by atoms with van der Waals surface area (Å²) in [4.78, 5) is 18.3. The summed E-state index contributed by atoms with van der Waals surface area (Å²) in [6.45, 7) is 3.54. The molecule has 11 heteroatoms. The van der Waals surface area contributed by atoms with Crippen LogP contribution in [-0.2, 0) is 11.2 Å². The topological polar surface area (TPSA) is 83.8 Å². The molecule has 0 radical (unpaired) electrons. The summed E-state index contributed by atoms with van der Waals surface area (Å²) < 4.78 is 43.7. The molecule has 3 saturated heterocycles. The first-order valence-electron chi connectivity index (χ1n) is 15.7. The van der Waals surface area contributed by atoms with Gasteiger partial charge in [0.15, 0.2) is 5.82 Å². The Labute approximate surface area is 255 Å². The molecule has 1 N–H and O–H groups in total. The van der Waals surface area contributed by atoms with Crippen LogP contribution in [0.1, 0.15) is 63.4 Å². The number of fused-ring (bicyclic) bond motifs is 7. The van der Waals surface area contributed by atoms with Crippen LogP contribution >= 0.6 is 11.6 Å². The average molecular weight is 614 g/mol. The number of phenols is 1. The molecule has 1 aromatic carbocycles. The van der Waals surface area contributed by atoms with Crippen molar-refractivity contribution < 1.29 is 23.4 Å². The van der Waals surface area contributed by atoms with Gasteiger partial charge in [0.1, 0.15) is 35.6 Å². The number of aromatic nitrogens is 3. The molecule has 6 bridgehead atoms. The maximum absolute atomic E-state index is 16.7. The van der Waals surface area contributed by atoms with Crippen LogP contribution in [0.2, 0.25) is 5.02 Å². The molecular weight excluding hydrogens is 576 g/mol. The van der Waals surface area contributed by atoms with Crippen LogP contribution in [0.5, 0.6) is 11.8 Å². The lowest BCUT2D eigenvalue weighted by molar-refractivity contribution is 0.0515. The Morgan fingerprint density at radius 3 is 2.91 bits per heavy atom. The zero-order valence-corrected chi connectivity index (χ0v) is 25.1. The van der Waals surface area contributed by atoms with Crippen molar-refractivity contribution in [2.45, 2.75) is 82.0 Å². The van der Waals surface area contributed by atoms with E-state index in [-0.39, 0.29) is 41.2 Å². The zero-order chi connectivity index (χ0) is 29.6. The highest BCUT2D eigenvalue weighted by molar-refractivity contribution is 6.32. The number of alkyl halides is 1. The van der Waals surface area contributed by atoms with Crippen molar-refractivity contribution >= 4 is 28.3 Å². The fraction of sp³-hybridized carbons (Fsp3) is 0.594. The van der Waals surface area contributed by atoms with Crippen LogP contribution in [0.3, 0.4) is 0 Å². The average Bonchev–Trinajstić information content (AvgIpc) is 3.39. The number of pyridine rings is 1. The minimum absolute atomic E-state index is 0.0333. The molecule has 0 amide bonds. The number of benzene rings is 1. The van der Waals surface area contributed by atoms with Gasteiger partial charge in [0, 0.05) is 49.4 Å². The summed E-state index contributed by atoms with van der Waals surface area (Å²) in [5, 5.41) is 11.3. The first-order chi connectivity index (χ1) is 20.9. The molecule has 3 fully saturated rings. The normalized spacial score (nSPS) is 26.5. The van der Waals surface area contributed by atoms with E-state index in [1.54, 1.807) is 6.20 Å². The molecule has 3 aromatic rings. The Hall–Kier alpha value is -2.82. The Morgan fingerprint density at radius 2 is 2.00 bits per heavy atom. The predicted molar refractivity (Wildman–Crippen MR) is 161 cm³/mol. The highest BCUT2D eigenvalue weighted by Gasteiger charge is 2.49. The standard InChI is InChI=1S/C32H38ClF2N5O3/c33-26-14-21(41)13-24-23(26)8-2-1-5-12-42-22-7-3-4-10-39(18-22)30-25-16-36-28(24)27(35)29(25)37-31(38-30)43-19-32-9-6-11-40(32)17-20(34)15-32/h13-14,16,20,22,41H,1-12,15,17-19H2/t20-,22-,32+/m1/s1. The Balaban J connectivity index is 1.36. The monoisotopic (exact) mass is 613 g/mol. The molecule has 2 aromatic heterocycles. The highest BCUT2D eigenvalue weighted by atomic mass is 35.5. The highest BCUT2D eigenvalue weighted by Crippen LogP contribution is 2.41. The molecule has 3 atom stereocenters. The van der Waals surface area contributed by atoms with Crippen molar-refractivity contribution in [2.24, 2.45) is 0 Å². The first kappa shape index (κ1) is 28.9. The lowest BCUT2D eigenvalue weighted by Gasteiger charge is -2.31. The van der Waals surface area contributed by atoms with E-state index in [0.717, 1.165) is 70.0 Å². The molecule has 8 nitrogen and oxygen atoms in total. The van der Waals surface area contributed by atoms with Gasteiger partial charge in [-0.1, -0.05) is 18.0 Å². The minimum atomic E-state index is -0.882. The second-order valence-electron chi connectivity index (χ2n) is 12.6. The fourth-order valence-corrected chi connectivity index (χ4v) is 7.82. The molecule has 230 valence electrons. The third kappa shape index (κ3) is 5.62. The SMILES string of the molecule is Oc1cc(Cl)c2c(c1)-c1ncc3c(nc(OC[C@@]45CCCN4C[C@H](F)C5)nc3c1F)N1CCCC[C@H](C1)OCCCCC2. The summed E-state index contributed by atoms with van der Waals surface area (Å²) in [7, 11) is 0. The molecule has 5 aliphatic rings. The smallest absolute Gasteiger partial charge is 0.319 e. The number of phenolic OH excluding ortho intramolecular Hbond substituents is 1. The van der Waals surface area contributed by atoms with Gasteiger partial charge in [-0.2, -0.15) is 9.97 Å². The summed E-state index contributed by atoms with van der Waals surface area (Å²) in [5.41, 5.74) is 0.980. The molecule has 0 unspecified atom stereocenters. The van der Waals surface area contributed by atoms with Crippen LogP contribution in [-0.4, -0.2) is 82.2 Å². The number of aromatic hydroxyl groups is 1. The van der Waals surface area contributed by atoms with E-state index >= 15 is 4.39 Å². The van der Waals surface area contributed by atoms with Crippen molar-refractivity contribution in [3.8, 4) is 23.0 Å². The summed E-state index contributed by atoms with van der Waals surface area (Å²) >= 11 is 6.60. The van der Waals surface area contributed by atoms with Crippen LogP contribution in [0.4, 0.5) is 14.6 Å². The lowest BCUT2D eigenvalue weighted by atomic mass is 9.95. The van der Waals surface area contributed by atoms with Crippen molar-refractivity contribution in [1.82, 2.24) is 19.9 Å². The van der Waals surface area contributed by atoms with E-state index in [9.17, 15) is 9.50 Å². The number of rotatable bonds is 3. The van der Waals surface area contributed by atoms with Gasteiger partial charge in [-0.25, -0.2) is 8.78 Å². The van der Waals surface area contributed by atoms with Crippen molar-refractivity contribution in [3.63, 3.8) is 0 Å². The Morgan fingerprint density at radius 1 is 1.09 bits per heavy atom. The number of ether oxygens (including phenoxy) is 2. The third-order valence-corrected chi connectivity index (χ3v) is 10.00. The van der Waals surface area contributed by atoms with Gasteiger partial charge in [-0.3, -0.25) is 9.88 Å². The summed E-state index contributed by atoms with van der Waals surface area (Å²) in [6.07, 6.45) is 9.27. The molecule has 0 aliphatic carbocycles. The molecule has 0 spiro atoms. The maximum Gasteiger partial charge on any atom is 0.319 e. The van der Waals surface area contributed by atoms with Gasteiger partial charge in [0.2, 0.25) is 0 Å². The van der Waals surface area contributed by atoms with Crippen LogP contribution in [0, 0.1) is 5.82 Å². The molecule has 0 saturated carbocycles. The van der Waals surface area contributed by atoms with E-state index < -0.39 is 12.0 Å². The first-order valence-corrected chi connectivity index (χ1v) is 16.0.